The summed E-state index contributed by atoms with van der Waals surface area (Å²) in [6, 6.07) is 7.12. The standard InChI is InChI=1S/C13H16N4O/c14-8-10-7-11(3-4-12(10)15)16-9-13(18)17-5-1-2-6-17/h3-4,7,16H,1-2,5-6,9,15H2. The van der Waals surface area contributed by atoms with Gasteiger partial charge < -0.3 is 16.0 Å². The molecule has 5 heteroatoms. The molecule has 2 rings (SSSR count). The van der Waals surface area contributed by atoms with Gasteiger partial charge in [0.25, 0.3) is 0 Å². The van der Waals surface area contributed by atoms with Gasteiger partial charge in [0.1, 0.15) is 6.07 Å². The third kappa shape index (κ3) is 2.72. The number of carbonyl (C=O) groups is 1. The molecule has 0 radical (unpaired) electrons. The van der Waals surface area contributed by atoms with E-state index in [1.165, 1.54) is 0 Å². The highest BCUT2D eigenvalue weighted by Gasteiger charge is 2.17. The second-order valence-electron chi connectivity index (χ2n) is 4.36. The molecular weight excluding hydrogens is 228 g/mol. The van der Waals surface area contributed by atoms with E-state index in [0.29, 0.717) is 11.3 Å². The summed E-state index contributed by atoms with van der Waals surface area (Å²) < 4.78 is 0. The van der Waals surface area contributed by atoms with Crippen LogP contribution >= 0.6 is 0 Å². The molecule has 18 heavy (non-hydrogen) atoms. The summed E-state index contributed by atoms with van der Waals surface area (Å²) in [5.41, 5.74) is 7.25. The van der Waals surface area contributed by atoms with E-state index in [4.69, 9.17) is 11.0 Å². The van der Waals surface area contributed by atoms with Crippen molar-refractivity contribution in [1.29, 1.82) is 5.26 Å². The number of nitrogens with zero attached hydrogens (tertiary/aromatic N) is 2. The van der Waals surface area contributed by atoms with Gasteiger partial charge >= 0.3 is 0 Å². The van der Waals surface area contributed by atoms with Crippen LogP contribution in [0.1, 0.15) is 18.4 Å². The number of nitrogens with one attached hydrogen (secondary N) is 1. The van der Waals surface area contributed by atoms with Gasteiger partial charge in [-0.25, -0.2) is 0 Å². The molecule has 0 aliphatic carbocycles. The van der Waals surface area contributed by atoms with Crippen molar-refractivity contribution in [3.05, 3.63) is 23.8 Å². The molecule has 1 aliphatic heterocycles. The molecule has 0 atom stereocenters. The maximum absolute atomic E-state index is 11.8. The molecule has 1 heterocycles. The van der Waals surface area contributed by atoms with Crippen LogP contribution in [0, 0.1) is 11.3 Å². The van der Waals surface area contributed by atoms with E-state index in [1.54, 1.807) is 18.2 Å². The summed E-state index contributed by atoms with van der Waals surface area (Å²) in [4.78, 5) is 13.7. The summed E-state index contributed by atoms with van der Waals surface area (Å²) in [6.45, 7) is 1.96. The number of hydrogen-bond donors (Lipinski definition) is 2. The first kappa shape index (κ1) is 12.2. The number of likely N-dealkylation sites (tertiary alicyclic amines) is 1. The van der Waals surface area contributed by atoms with Crippen molar-refractivity contribution >= 4 is 17.3 Å². The number of nitriles is 1. The van der Waals surface area contributed by atoms with Gasteiger partial charge in [-0.05, 0) is 31.0 Å². The van der Waals surface area contributed by atoms with Gasteiger partial charge in [-0.1, -0.05) is 0 Å². The Morgan fingerprint density at radius 1 is 1.44 bits per heavy atom. The fraction of sp³-hybridized carbons (Fsp3) is 0.385. The Hall–Kier alpha value is -2.22. The SMILES string of the molecule is N#Cc1cc(NCC(=O)N2CCCC2)ccc1N. The van der Waals surface area contributed by atoms with Gasteiger partial charge in [-0.15, -0.1) is 0 Å². The number of benzene rings is 1. The molecule has 1 saturated heterocycles. The normalized spacial score (nSPS) is 14.3. The molecule has 94 valence electrons. The lowest BCUT2D eigenvalue weighted by Crippen LogP contribution is -2.32. The van der Waals surface area contributed by atoms with Crippen LogP contribution in [-0.2, 0) is 4.79 Å². The quantitative estimate of drug-likeness (QED) is 0.782. The maximum atomic E-state index is 11.8. The summed E-state index contributed by atoms with van der Waals surface area (Å²) in [5, 5.41) is 11.9. The van der Waals surface area contributed by atoms with Crippen molar-refractivity contribution < 1.29 is 4.79 Å². The van der Waals surface area contributed by atoms with Gasteiger partial charge in [0.15, 0.2) is 0 Å². The van der Waals surface area contributed by atoms with Crippen LogP contribution in [-0.4, -0.2) is 30.4 Å². The predicted octanol–water partition coefficient (Wildman–Crippen LogP) is 1.17. The van der Waals surface area contributed by atoms with Crippen molar-refractivity contribution in [2.45, 2.75) is 12.8 Å². The third-order valence-corrected chi connectivity index (χ3v) is 3.08. The van der Waals surface area contributed by atoms with Crippen molar-refractivity contribution in [1.82, 2.24) is 4.90 Å². The Morgan fingerprint density at radius 3 is 2.83 bits per heavy atom. The van der Waals surface area contributed by atoms with Crippen LogP contribution in [0.15, 0.2) is 18.2 Å². The number of nitrogen functional groups attached to an aromatic ring is 1. The number of amides is 1. The van der Waals surface area contributed by atoms with Gasteiger partial charge in [-0.2, -0.15) is 5.26 Å². The largest absolute Gasteiger partial charge is 0.398 e. The molecule has 5 nitrogen and oxygen atoms in total. The van der Waals surface area contributed by atoms with Crippen LogP contribution in [0.25, 0.3) is 0 Å². The number of nitrogens with two attached hydrogens (primary N) is 1. The lowest BCUT2D eigenvalue weighted by Gasteiger charge is -2.16. The number of carbonyl (C=O) groups excluding carboxylic acids is 1. The Bertz CT molecular complexity index is 486. The lowest BCUT2D eigenvalue weighted by atomic mass is 10.2. The minimum Gasteiger partial charge on any atom is -0.398 e. The molecular formula is C13H16N4O. The van der Waals surface area contributed by atoms with E-state index in [2.05, 4.69) is 5.32 Å². The van der Waals surface area contributed by atoms with E-state index >= 15 is 0 Å². The summed E-state index contributed by atoms with van der Waals surface area (Å²) in [6.07, 6.45) is 2.18. The van der Waals surface area contributed by atoms with E-state index < -0.39 is 0 Å². The molecule has 1 aromatic rings. The minimum atomic E-state index is 0.0998. The zero-order valence-corrected chi connectivity index (χ0v) is 10.1. The number of rotatable bonds is 3. The Morgan fingerprint density at radius 2 is 2.17 bits per heavy atom. The minimum absolute atomic E-state index is 0.0998. The summed E-state index contributed by atoms with van der Waals surface area (Å²) >= 11 is 0. The van der Waals surface area contributed by atoms with E-state index in [-0.39, 0.29) is 12.5 Å². The molecule has 3 N–H and O–H groups in total. The summed E-state index contributed by atoms with van der Waals surface area (Å²) in [7, 11) is 0. The first-order valence-electron chi connectivity index (χ1n) is 6.02. The lowest BCUT2D eigenvalue weighted by molar-refractivity contribution is -0.128. The van der Waals surface area contributed by atoms with Crippen LogP contribution in [0.4, 0.5) is 11.4 Å². The monoisotopic (exact) mass is 244 g/mol. The second kappa shape index (κ2) is 5.41. The van der Waals surface area contributed by atoms with Gasteiger partial charge in [0.2, 0.25) is 5.91 Å². The Labute approximate surface area is 106 Å². The molecule has 0 spiro atoms. The zero-order chi connectivity index (χ0) is 13.0. The zero-order valence-electron chi connectivity index (χ0n) is 10.1. The van der Waals surface area contributed by atoms with Gasteiger partial charge in [0.05, 0.1) is 12.1 Å². The second-order valence-corrected chi connectivity index (χ2v) is 4.36. The Balaban J connectivity index is 1.94. The van der Waals surface area contributed by atoms with Gasteiger partial charge in [-0.3, -0.25) is 4.79 Å². The molecule has 1 fully saturated rings. The predicted molar refractivity (Wildman–Crippen MR) is 69.9 cm³/mol. The van der Waals surface area contributed by atoms with E-state index in [9.17, 15) is 4.79 Å². The Kier molecular flexibility index (Phi) is 3.68. The van der Waals surface area contributed by atoms with Crippen LogP contribution in [0.5, 0.6) is 0 Å². The fourth-order valence-electron chi connectivity index (χ4n) is 2.02. The highest BCUT2D eigenvalue weighted by atomic mass is 16.2. The topological polar surface area (TPSA) is 82.2 Å². The molecule has 0 unspecified atom stereocenters. The van der Waals surface area contributed by atoms with Crippen LogP contribution < -0.4 is 11.1 Å². The number of anilines is 2. The van der Waals surface area contributed by atoms with E-state index in [0.717, 1.165) is 31.6 Å². The highest BCUT2D eigenvalue weighted by molar-refractivity contribution is 5.81. The first-order chi connectivity index (χ1) is 8.70. The van der Waals surface area contributed by atoms with E-state index in [1.807, 2.05) is 11.0 Å². The van der Waals surface area contributed by atoms with Crippen molar-refractivity contribution in [3.63, 3.8) is 0 Å². The maximum Gasteiger partial charge on any atom is 0.241 e. The molecule has 0 bridgehead atoms. The van der Waals surface area contributed by atoms with Crippen molar-refractivity contribution in [2.24, 2.45) is 0 Å². The molecule has 1 aromatic carbocycles. The van der Waals surface area contributed by atoms with Crippen LogP contribution in [0.3, 0.4) is 0 Å². The van der Waals surface area contributed by atoms with Gasteiger partial charge in [0, 0.05) is 24.5 Å². The van der Waals surface area contributed by atoms with Crippen molar-refractivity contribution in [2.75, 3.05) is 30.7 Å². The van der Waals surface area contributed by atoms with Crippen molar-refractivity contribution in [3.8, 4) is 6.07 Å². The molecule has 0 aromatic heterocycles. The van der Waals surface area contributed by atoms with Crippen LogP contribution in [0.2, 0.25) is 0 Å². The highest BCUT2D eigenvalue weighted by Crippen LogP contribution is 2.17. The number of hydrogen-bond acceptors (Lipinski definition) is 4. The average Bonchev–Trinajstić information content (AvgIpc) is 2.91. The first-order valence-corrected chi connectivity index (χ1v) is 6.02. The molecule has 1 aliphatic rings. The fourth-order valence-corrected chi connectivity index (χ4v) is 2.02. The third-order valence-electron chi connectivity index (χ3n) is 3.08. The average molecular weight is 244 g/mol. The molecule has 1 amide bonds. The molecule has 0 saturated carbocycles. The summed E-state index contributed by atoms with van der Waals surface area (Å²) in [5.74, 6) is 0.0998. The smallest absolute Gasteiger partial charge is 0.241 e.